The third-order valence-electron chi connectivity index (χ3n) is 5.14. The molecule has 194 valence electrons. The predicted molar refractivity (Wildman–Crippen MR) is 131 cm³/mol. The maximum atomic E-state index is 14.8. The fourth-order valence-electron chi connectivity index (χ4n) is 3.43. The summed E-state index contributed by atoms with van der Waals surface area (Å²) >= 11 is 1.21. The normalized spacial score (nSPS) is 18.2. The first kappa shape index (κ1) is 26.2. The monoisotopic (exact) mass is 544 g/mol. The number of aromatic nitrogens is 3. The van der Waals surface area contributed by atoms with Gasteiger partial charge in [-0.05, 0) is 39.0 Å². The van der Waals surface area contributed by atoms with Gasteiger partial charge in [-0.25, -0.2) is 32.3 Å². The summed E-state index contributed by atoms with van der Waals surface area (Å²) in [5, 5.41) is 5.86. The quantitative estimate of drug-likeness (QED) is 0.348. The largest absolute Gasteiger partial charge is 0.434 e. The van der Waals surface area contributed by atoms with E-state index in [1.54, 1.807) is 26.8 Å². The molecule has 2 unspecified atom stereocenters. The third kappa shape index (κ3) is 6.10. The number of halogens is 4. The first-order valence-corrected chi connectivity index (χ1v) is 13.0. The van der Waals surface area contributed by atoms with E-state index in [9.17, 15) is 21.8 Å². The molecular weight excluding hydrogens is 520 g/mol. The molecule has 1 saturated heterocycles. The van der Waals surface area contributed by atoms with Crippen molar-refractivity contribution in [2.45, 2.75) is 44.4 Å². The number of ether oxygens (including phenoxy) is 1. The molecule has 0 spiro atoms. The number of nitrogens with one attached hydrogen (secondary N) is 3. The number of anilines is 2. The SMILES string of the molecule is Cc1nc(Oc2ccc(NS(=O)C(C)C)c(F)c2F)c(-c2ccnc(NC3CNCC(F)(F)C3)n2)s1. The Morgan fingerprint density at radius 3 is 2.72 bits per heavy atom. The maximum Gasteiger partial charge on any atom is 0.262 e. The zero-order valence-electron chi connectivity index (χ0n) is 19.6. The summed E-state index contributed by atoms with van der Waals surface area (Å²) in [7, 11) is -1.59. The number of rotatable bonds is 8. The fraction of sp³-hybridized carbons (Fsp3) is 0.409. The van der Waals surface area contributed by atoms with E-state index in [-0.39, 0.29) is 35.7 Å². The number of alkyl halides is 2. The zero-order valence-corrected chi connectivity index (χ0v) is 21.2. The average molecular weight is 545 g/mol. The van der Waals surface area contributed by atoms with Crippen molar-refractivity contribution in [3.05, 3.63) is 41.0 Å². The summed E-state index contributed by atoms with van der Waals surface area (Å²) in [5.41, 5.74) is 0.117. The number of nitrogens with zero attached hydrogens (tertiary/aromatic N) is 3. The van der Waals surface area contributed by atoms with Crippen LogP contribution in [0, 0.1) is 18.6 Å². The highest BCUT2D eigenvalue weighted by atomic mass is 32.2. The topological polar surface area (TPSA) is 101 Å². The van der Waals surface area contributed by atoms with Crippen molar-refractivity contribution in [2.24, 2.45) is 0 Å². The number of aryl methyl sites for hydroxylation is 1. The van der Waals surface area contributed by atoms with Crippen LogP contribution >= 0.6 is 11.3 Å². The summed E-state index contributed by atoms with van der Waals surface area (Å²) in [5.74, 6) is -5.62. The van der Waals surface area contributed by atoms with Gasteiger partial charge in [0.25, 0.3) is 5.92 Å². The van der Waals surface area contributed by atoms with Crippen LogP contribution in [-0.4, -0.2) is 49.5 Å². The zero-order chi connectivity index (χ0) is 26.0. The van der Waals surface area contributed by atoms with Crippen molar-refractivity contribution in [3.8, 4) is 22.2 Å². The number of hydrogen-bond acceptors (Lipinski definition) is 8. The molecule has 3 aromatic rings. The molecule has 36 heavy (non-hydrogen) atoms. The Labute approximate surface area is 211 Å². The Morgan fingerprint density at radius 2 is 2.00 bits per heavy atom. The lowest BCUT2D eigenvalue weighted by Crippen LogP contribution is -2.49. The Balaban J connectivity index is 1.56. The average Bonchev–Trinajstić information content (AvgIpc) is 3.18. The Kier molecular flexibility index (Phi) is 7.76. The maximum absolute atomic E-state index is 14.8. The minimum atomic E-state index is -2.84. The molecule has 8 nitrogen and oxygen atoms in total. The van der Waals surface area contributed by atoms with Crippen LogP contribution in [0.3, 0.4) is 0 Å². The molecule has 0 radical (unpaired) electrons. The molecule has 1 aromatic carbocycles. The summed E-state index contributed by atoms with van der Waals surface area (Å²) < 4.78 is 76.8. The van der Waals surface area contributed by atoms with E-state index >= 15 is 0 Å². The van der Waals surface area contributed by atoms with E-state index in [1.165, 1.54) is 29.7 Å². The summed E-state index contributed by atoms with van der Waals surface area (Å²) in [4.78, 5) is 13.2. The number of piperidine rings is 1. The minimum absolute atomic E-state index is 0.00205. The van der Waals surface area contributed by atoms with Gasteiger partial charge in [0.2, 0.25) is 17.6 Å². The highest BCUT2D eigenvalue weighted by molar-refractivity contribution is 7.86. The standard InChI is InChI=1S/C22H24F4N6O2S2/c1-11(2)36(33)32-14-4-5-16(18(24)17(14)23)34-20-19(35-12(3)29-20)15-6-7-28-21(31-15)30-13-8-22(25,26)10-27-9-13/h4-7,11,13,27,32H,8-10H2,1-3H3,(H,28,30,31). The van der Waals surface area contributed by atoms with E-state index in [0.717, 1.165) is 0 Å². The predicted octanol–water partition coefficient (Wildman–Crippen LogP) is 4.87. The molecule has 2 atom stereocenters. The van der Waals surface area contributed by atoms with Gasteiger partial charge in [-0.2, -0.15) is 4.39 Å². The summed E-state index contributed by atoms with van der Waals surface area (Å²) in [6.45, 7) is 5.02. The van der Waals surface area contributed by atoms with Gasteiger partial charge in [0, 0.05) is 30.5 Å². The molecule has 3 heterocycles. The number of benzene rings is 1. The second-order valence-corrected chi connectivity index (χ2v) is 11.4. The lowest BCUT2D eigenvalue weighted by molar-refractivity contribution is -0.0244. The van der Waals surface area contributed by atoms with Crippen LogP contribution in [-0.2, 0) is 11.0 Å². The van der Waals surface area contributed by atoms with Gasteiger partial charge in [0.05, 0.1) is 22.9 Å². The van der Waals surface area contributed by atoms with Crippen molar-refractivity contribution in [3.63, 3.8) is 0 Å². The molecule has 1 fully saturated rings. The minimum Gasteiger partial charge on any atom is -0.434 e. The van der Waals surface area contributed by atoms with Crippen molar-refractivity contribution >= 4 is 34.0 Å². The first-order valence-electron chi connectivity index (χ1n) is 11.0. The smallest absolute Gasteiger partial charge is 0.262 e. The second kappa shape index (κ2) is 10.6. The van der Waals surface area contributed by atoms with Crippen LogP contribution < -0.4 is 20.1 Å². The van der Waals surface area contributed by atoms with Gasteiger partial charge in [-0.3, -0.25) is 0 Å². The van der Waals surface area contributed by atoms with Gasteiger partial charge in [0.1, 0.15) is 15.9 Å². The number of hydrogen-bond donors (Lipinski definition) is 3. The second-order valence-electron chi connectivity index (χ2n) is 8.45. The lowest BCUT2D eigenvalue weighted by atomic mass is 10.0. The van der Waals surface area contributed by atoms with E-state index in [0.29, 0.717) is 22.1 Å². The molecule has 1 aliphatic rings. The molecule has 0 aliphatic carbocycles. The van der Waals surface area contributed by atoms with Crippen LogP contribution in [0.2, 0.25) is 0 Å². The van der Waals surface area contributed by atoms with Gasteiger partial charge in [-0.15, -0.1) is 11.3 Å². The molecule has 2 aromatic heterocycles. The highest BCUT2D eigenvalue weighted by Gasteiger charge is 2.36. The van der Waals surface area contributed by atoms with E-state index in [1.807, 2.05) is 0 Å². The van der Waals surface area contributed by atoms with Crippen molar-refractivity contribution in [1.29, 1.82) is 0 Å². The molecule has 0 amide bonds. The number of thiazole rings is 1. The summed E-state index contributed by atoms with van der Waals surface area (Å²) in [6, 6.07) is 3.44. The van der Waals surface area contributed by atoms with Gasteiger partial charge in [0.15, 0.2) is 11.6 Å². The molecule has 0 bridgehead atoms. The Morgan fingerprint density at radius 1 is 1.22 bits per heavy atom. The lowest BCUT2D eigenvalue weighted by Gasteiger charge is -2.30. The van der Waals surface area contributed by atoms with Gasteiger partial charge in [-0.1, -0.05) is 0 Å². The third-order valence-corrected chi connectivity index (χ3v) is 7.39. The molecule has 14 heteroatoms. The fourth-order valence-corrected chi connectivity index (χ4v) is 4.86. The van der Waals surface area contributed by atoms with Crippen molar-refractivity contribution in [1.82, 2.24) is 20.3 Å². The molecule has 4 rings (SSSR count). The van der Waals surface area contributed by atoms with E-state index in [2.05, 4.69) is 30.3 Å². The van der Waals surface area contributed by atoms with Crippen LogP contribution in [0.4, 0.5) is 29.2 Å². The summed E-state index contributed by atoms with van der Waals surface area (Å²) in [6.07, 6.45) is 1.09. The molecule has 0 saturated carbocycles. The molecule has 1 aliphatic heterocycles. The van der Waals surface area contributed by atoms with Gasteiger partial charge >= 0.3 is 0 Å². The Bertz CT molecular complexity index is 1270. The van der Waals surface area contributed by atoms with E-state index < -0.39 is 40.3 Å². The van der Waals surface area contributed by atoms with Crippen LogP contribution in [0.15, 0.2) is 24.4 Å². The molecular formula is C22H24F4N6O2S2. The van der Waals surface area contributed by atoms with E-state index in [4.69, 9.17) is 4.74 Å². The van der Waals surface area contributed by atoms with Crippen LogP contribution in [0.5, 0.6) is 11.6 Å². The van der Waals surface area contributed by atoms with Gasteiger partial charge < -0.3 is 20.1 Å². The Hall–Kier alpha value is -2.84. The highest BCUT2D eigenvalue weighted by Crippen LogP contribution is 2.39. The molecule has 3 N–H and O–H groups in total. The first-order chi connectivity index (χ1) is 17.0. The van der Waals surface area contributed by atoms with Crippen LogP contribution in [0.1, 0.15) is 25.3 Å². The van der Waals surface area contributed by atoms with Crippen molar-refractivity contribution < 1.29 is 26.5 Å². The van der Waals surface area contributed by atoms with Crippen molar-refractivity contribution in [2.75, 3.05) is 23.1 Å². The van der Waals surface area contributed by atoms with Crippen LogP contribution in [0.25, 0.3) is 10.6 Å².